The molecule has 0 radical (unpaired) electrons. The molecule has 2 aromatic carbocycles. The quantitative estimate of drug-likeness (QED) is 0.913. The van der Waals surface area contributed by atoms with Crippen molar-refractivity contribution in [1.29, 1.82) is 0 Å². The van der Waals surface area contributed by atoms with E-state index in [2.05, 4.69) is 0 Å². The number of nitrogens with zero attached hydrogens (tertiary/aromatic N) is 1. The Bertz CT molecular complexity index is 658. The fraction of sp³-hybridized carbons (Fsp3) is 0.188. The minimum atomic E-state index is -1.32. The molecular formula is C16H15F2NO2. The predicted molar refractivity (Wildman–Crippen MR) is 76.5 cm³/mol. The van der Waals surface area contributed by atoms with Crippen LogP contribution in [-0.4, -0.2) is 17.6 Å². The summed E-state index contributed by atoms with van der Waals surface area (Å²) in [6, 6.07) is 10.4. The SMILES string of the molecule is CCN(Cc1cccc(C(=O)O)c1F)c1ccccc1F. The van der Waals surface area contributed by atoms with Crippen molar-refractivity contribution in [1.82, 2.24) is 0 Å². The first kappa shape index (κ1) is 15.0. The molecule has 0 amide bonds. The lowest BCUT2D eigenvalue weighted by Gasteiger charge is -2.24. The highest BCUT2D eigenvalue weighted by Gasteiger charge is 2.17. The van der Waals surface area contributed by atoms with E-state index in [0.29, 0.717) is 12.2 Å². The summed E-state index contributed by atoms with van der Waals surface area (Å²) in [7, 11) is 0. The maximum atomic E-state index is 14.1. The Labute approximate surface area is 121 Å². The van der Waals surface area contributed by atoms with Crippen LogP contribution in [0.25, 0.3) is 0 Å². The van der Waals surface area contributed by atoms with Crippen LogP contribution >= 0.6 is 0 Å². The summed E-state index contributed by atoms with van der Waals surface area (Å²) in [6.07, 6.45) is 0. The molecule has 0 aliphatic rings. The van der Waals surface area contributed by atoms with E-state index in [9.17, 15) is 13.6 Å². The lowest BCUT2D eigenvalue weighted by Crippen LogP contribution is -2.24. The first-order valence-corrected chi connectivity index (χ1v) is 6.54. The van der Waals surface area contributed by atoms with E-state index < -0.39 is 17.6 Å². The molecule has 0 aliphatic carbocycles. The third-order valence-electron chi connectivity index (χ3n) is 3.25. The van der Waals surface area contributed by atoms with Gasteiger partial charge in [-0.3, -0.25) is 0 Å². The fourth-order valence-corrected chi connectivity index (χ4v) is 2.15. The summed E-state index contributed by atoms with van der Waals surface area (Å²) in [4.78, 5) is 12.6. The van der Waals surface area contributed by atoms with Crippen molar-refractivity contribution in [3.63, 3.8) is 0 Å². The number of hydrogen-bond donors (Lipinski definition) is 1. The van der Waals surface area contributed by atoms with Gasteiger partial charge in [-0.15, -0.1) is 0 Å². The fourth-order valence-electron chi connectivity index (χ4n) is 2.15. The Kier molecular flexibility index (Phi) is 4.52. The standard InChI is InChI=1S/C16H15F2NO2/c1-2-19(14-9-4-3-8-13(14)17)10-11-6-5-7-12(15(11)18)16(20)21/h3-9H,2,10H2,1H3,(H,20,21). The van der Waals surface area contributed by atoms with Gasteiger partial charge >= 0.3 is 5.97 Å². The molecule has 3 nitrogen and oxygen atoms in total. The summed E-state index contributed by atoms with van der Waals surface area (Å²) in [5, 5.41) is 8.93. The molecule has 0 saturated heterocycles. The van der Waals surface area contributed by atoms with Gasteiger partial charge in [0.05, 0.1) is 11.3 Å². The van der Waals surface area contributed by atoms with Crippen LogP contribution < -0.4 is 4.90 Å². The van der Waals surface area contributed by atoms with Crippen LogP contribution in [0, 0.1) is 11.6 Å². The Morgan fingerprint density at radius 1 is 1.14 bits per heavy atom. The van der Waals surface area contributed by atoms with Crippen LogP contribution in [0.1, 0.15) is 22.8 Å². The van der Waals surface area contributed by atoms with Crippen LogP contribution in [0.2, 0.25) is 0 Å². The van der Waals surface area contributed by atoms with Crippen LogP contribution in [0.5, 0.6) is 0 Å². The summed E-state index contributed by atoms with van der Waals surface area (Å²) in [5.41, 5.74) is 0.206. The van der Waals surface area contributed by atoms with E-state index in [1.54, 1.807) is 23.1 Å². The summed E-state index contributed by atoms with van der Waals surface area (Å²) >= 11 is 0. The number of carboxylic acid groups (broad SMARTS) is 1. The Hall–Kier alpha value is -2.43. The largest absolute Gasteiger partial charge is 0.478 e. The molecule has 0 unspecified atom stereocenters. The average Bonchev–Trinajstić information content (AvgIpc) is 2.47. The van der Waals surface area contributed by atoms with Crippen molar-refractivity contribution in [2.24, 2.45) is 0 Å². The number of carboxylic acids is 1. The molecule has 0 aliphatic heterocycles. The number of hydrogen-bond acceptors (Lipinski definition) is 2. The van der Waals surface area contributed by atoms with Crippen molar-refractivity contribution in [3.05, 3.63) is 65.2 Å². The van der Waals surface area contributed by atoms with E-state index in [0.717, 1.165) is 0 Å². The van der Waals surface area contributed by atoms with Crippen LogP contribution in [0.3, 0.4) is 0 Å². The predicted octanol–water partition coefficient (Wildman–Crippen LogP) is 3.69. The number of rotatable bonds is 5. The highest BCUT2D eigenvalue weighted by molar-refractivity contribution is 5.88. The van der Waals surface area contributed by atoms with Crippen molar-refractivity contribution in [2.45, 2.75) is 13.5 Å². The van der Waals surface area contributed by atoms with Crippen LogP contribution in [-0.2, 0) is 6.54 Å². The first-order valence-electron chi connectivity index (χ1n) is 6.54. The van der Waals surface area contributed by atoms with Gasteiger partial charge in [-0.05, 0) is 25.1 Å². The van der Waals surface area contributed by atoms with Crippen molar-refractivity contribution >= 4 is 11.7 Å². The molecule has 0 saturated carbocycles. The van der Waals surface area contributed by atoms with Crippen molar-refractivity contribution in [2.75, 3.05) is 11.4 Å². The van der Waals surface area contributed by atoms with Gasteiger partial charge in [0.15, 0.2) is 0 Å². The Balaban J connectivity index is 2.34. The van der Waals surface area contributed by atoms with E-state index in [-0.39, 0.29) is 17.7 Å². The lowest BCUT2D eigenvalue weighted by molar-refractivity contribution is 0.0691. The third-order valence-corrected chi connectivity index (χ3v) is 3.25. The molecule has 2 rings (SSSR count). The van der Waals surface area contributed by atoms with Crippen molar-refractivity contribution < 1.29 is 18.7 Å². The second-order valence-corrected chi connectivity index (χ2v) is 4.55. The maximum absolute atomic E-state index is 14.1. The second kappa shape index (κ2) is 6.35. The molecule has 2 aromatic rings. The highest BCUT2D eigenvalue weighted by atomic mass is 19.1. The van der Waals surface area contributed by atoms with Gasteiger partial charge in [-0.1, -0.05) is 24.3 Å². The maximum Gasteiger partial charge on any atom is 0.338 e. The molecule has 0 fully saturated rings. The molecule has 1 N–H and O–H groups in total. The Morgan fingerprint density at radius 3 is 2.48 bits per heavy atom. The zero-order chi connectivity index (χ0) is 15.4. The van der Waals surface area contributed by atoms with E-state index in [4.69, 9.17) is 5.11 Å². The van der Waals surface area contributed by atoms with E-state index in [1.165, 1.54) is 24.3 Å². The first-order chi connectivity index (χ1) is 10.0. The van der Waals surface area contributed by atoms with Crippen molar-refractivity contribution in [3.8, 4) is 0 Å². The van der Waals surface area contributed by atoms with Gasteiger partial charge in [-0.2, -0.15) is 0 Å². The number of benzene rings is 2. The third kappa shape index (κ3) is 3.18. The molecule has 0 atom stereocenters. The summed E-state index contributed by atoms with van der Waals surface area (Å²) in [6.45, 7) is 2.40. The normalized spacial score (nSPS) is 10.4. The number of carbonyl (C=O) groups is 1. The van der Waals surface area contributed by atoms with Gasteiger partial charge in [0, 0.05) is 18.7 Å². The topological polar surface area (TPSA) is 40.5 Å². The Morgan fingerprint density at radius 2 is 1.86 bits per heavy atom. The molecule has 0 heterocycles. The molecule has 0 bridgehead atoms. The lowest BCUT2D eigenvalue weighted by atomic mass is 10.1. The molecule has 21 heavy (non-hydrogen) atoms. The van der Waals surface area contributed by atoms with Gasteiger partial charge in [0.25, 0.3) is 0 Å². The zero-order valence-electron chi connectivity index (χ0n) is 11.5. The van der Waals surface area contributed by atoms with Gasteiger partial charge in [0.1, 0.15) is 11.6 Å². The van der Waals surface area contributed by atoms with E-state index >= 15 is 0 Å². The monoisotopic (exact) mass is 291 g/mol. The van der Waals surface area contributed by atoms with Crippen LogP contribution in [0.15, 0.2) is 42.5 Å². The molecule has 0 spiro atoms. The van der Waals surface area contributed by atoms with Crippen LogP contribution in [0.4, 0.5) is 14.5 Å². The van der Waals surface area contributed by atoms with Gasteiger partial charge in [-0.25, -0.2) is 13.6 Å². The minimum Gasteiger partial charge on any atom is -0.478 e. The highest BCUT2D eigenvalue weighted by Crippen LogP contribution is 2.22. The van der Waals surface area contributed by atoms with Gasteiger partial charge < -0.3 is 10.0 Å². The molecule has 0 aromatic heterocycles. The smallest absolute Gasteiger partial charge is 0.338 e. The average molecular weight is 291 g/mol. The summed E-state index contributed by atoms with van der Waals surface area (Å²) < 4.78 is 27.9. The number of aromatic carboxylic acids is 1. The zero-order valence-corrected chi connectivity index (χ0v) is 11.5. The molecule has 5 heteroatoms. The number of anilines is 1. The van der Waals surface area contributed by atoms with E-state index in [1.807, 2.05) is 6.92 Å². The molecule has 110 valence electrons. The molecular weight excluding hydrogens is 276 g/mol. The number of para-hydroxylation sites is 1. The second-order valence-electron chi connectivity index (χ2n) is 4.55. The number of halogens is 2. The summed E-state index contributed by atoms with van der Waals surface area (Å²) in [5.74, 6) is -2.49. The van der Waals surface area contributed by atoms with Gasteiger partial charge in [0.2, 0.25) is 0 Å². The minimum absolute atomic E-state index is 0.102.